The van der Waals surface area contributed by atoms with Gasteiger partial charge in [0.1, 0.15) is 0 Å². The maximum atomic E-state index is 12.4. The van der Waals surface area contributed by atoms with Crippen molar-refractivity contribution in [3.05, 3.63) is 81.5 Å². The van der Waals surface area contributed by atoms with E-state index in [1.54, 1.807) is 60.7 Å². The average Bonchev–Trinajstić information content (AvgIpc) is 3.05. The normalized spacial score (nSPS) is 10.4. The molecule has 0 bridgehead atoms. The van der Waals surface area contributed by atoms with Crippen molar-refractivity contribution >= 4 is 34.3 Å². The highest BCUT2D eigenvalue weighted by atomic mass is 32.1. The zero-order valence-electron chi connectivity index (χ0n) is 12.2. The van der Waals surface area contributed by atoms with Crippen LogP contribution in [0.25, 0.3) is 0 Å². The van der Waals surface area contributed by atoms with Crippen molar-refractivity contribution in [2.75, 3.05) is 11.5 Å². The number of carbonyl (C=O) groups excluding carboxylic acids is 2. The third-order valence-electron chi connectivity index (χ3n) is 3.40. The minimum absolute atomic E-state index is 0.119. The van der Waals surface area contributed by atoms with Crippen LogP contribution in [0.5, 0.6) is 0 Å². The Morgan fingerprint density at radius 2 is 0.957 bits per heavy atom. The van der Waals surface area contributed by atoms with Gasteiger partial charge in [-0.05, 0) is 60.7 Å². The van der Waals surface area contributed by atoms with Gasteiger partial charge in [-0.2, -0.15) is 0 Å². The molecule has 114 valence electrons. The number of nitrogens with two attached hydrogens (primary N) is 2. The van der Waals surface area contributed by atoms with Crippen molar-refractivity contribution in [1.82, 2.24) is 0 Å². The molecule has 1 heterocycles. The number of hydrogen-bond acceptors (Lipinski definition) is 5. The fourth-order valence-corrected chi connectivity index (χ4v) is 3.07. The molecule has 3 aromatic rings. The van der Waals surface area contributed by atoms with Crippen LogP contribution in [0, 0.1) is 0 Å². The molecule has 0 aliphatic rings. The van der Waals surface area contributed by atoms with Crippen molar-refractivity contribution in [1.29, 1.82) is 0 Å². The standard InChI is InChI=1S/C18H14N2O2S/c19-13-5-1-11(2-6-13)17(21)15-9-10-16(23-15)18(22)12-3-7-14(20)8-4-12/h1-10H,19-20H2. The first kappa shape index (κ1) is 15.0. The average molecular weight is 322 g/mol. The second-order valence-corrected chi connectivity index (χ2v) is 6.15. The van der Waals surface area contributed by atoms with E-state index in [9.17, 15) is 9.59 Å². The fraction of sp³-hybridized carbons (Fsp3) is 0. The minimum Gasteiger partial charge on any atom is -0.399 e. The van der Waals surface area contributed by atoms with Crippen molar-refractivity contribution in [2.24, 2.45) is 0 Å². The summed E-state index contributed by atoms with van der Waals surface area (Å²) < 4.78 is 0. The van der Waals surface area contributed by atoms with Crippen molar-refractivity contribution in [3.8, 4) is 0 Å². The van der Waals surface area contributed by atoms with E-state index in [1.165, 1.54) is 11.3 Å². The lowest BCUT2D eigenvalue weighted by Gasteiger charge is -2.00. The molecular weight excluding hydrogens is 308 g/mol. The van der Waals surface area contributed by atoms with Gasteiger partial charge >= 0.3 is 0 Å². The lowest BCUT2D eigenvalue weighted by atomic mass is 10.1. The molecule has 0 fully saturated rings. The molecule has 3 rings (SSSR count). The number of hydrogen-bond donors (Lipinski definition) is 2. The first-order valence-corrected chi connectivity index (χ1v) is 7.76. The molecule has 0 unspecified atom stereocenters. The third kappa shape index (κ3) is 3.14. The van der Waals surface area contributed by atoms with Crippen LogP contribution >= 0.6 is 11.3 Å². The number of benzene rings is 2. The number of ketones is 2. The van der Waals surface area contributed by atoms with Gasteiger partial charge in [0, 0.05) is 22.5 Å². The number of rotatable bonds is 4. The summed E-state index contributed by atoms with van der Waals surface area (Å²) in [5.41, 5.74) is 13.5. The van der Waals surface area contributed by atoms with Crippen LogP contribution in [-0.2, 0) is 0 Å². The predicted octanol–water partition coefficient (Wildman–Crippen LogP) is 3.37. The van der Waals surface area contributed by atoms with Gasteiger partial charge in [0.2, 0.25) is 11.6 Å². The van der Waals surface area contributed by atoms with Crippen molar-refractivity contribution < 1.29 is 9.59 Å². The van der Waals surface area contributed by atoms with Crippen LogP contribution in [0.4, 0.5) is 11.4 Å². The quantitative estimate of drug-likeness (QED) is 0.569. The van der Waals surface area contributed by atoms with Crippen LogP contribution < -0.4 is 11.5 Å². The minimum atomic E-state index is -0.119. The van der Waals surface area contributed by atoms with Crippen LogP contribution in [0.1, 0.15) is 30.5 Å². The Morgan fingerprint density at radius 3 is 1.30 bits per heavy atom. The summed E-state index contributed by atoms with van der Waals surface area (Å²) in [4.78, 5) is 25.9. The Kier molecular flexibility index (Phi) is 3.95. The van der Waals surface area contributed by atoms with Gasteiger partial charge in [-0.3, -0.25) is 9.59 Å². The van der Waals surface area contributed by atoms with E-state index in [-0.39, 0.29) is 11.6 Å². The molecule has 0 aliphatic carbocycles. The van der Waals surface area contributed by atoms with Gasteiger partial charge in [-0.25, -0.2) is 0 Å². The zero-order chi connectivity index (χ0) is 16.4. The molecule has 0 spiro atoms. The topological polar surface area (TPSA) is 86.2 Å². The number of anilines is 2. The summed E-state index contributed by atoms with van der Waals surface area (Å²) in [6.45, 7) is 0. The van der Waals surface area contributed by atoms with E-state index in [0.29, 0.717) is 32.3 Å². The monoisotopic (exact) mass is 322 g/mol. The second-order valence-electron chi connectivity index (χ2n) is 5.07. The highest BCUT2D eigenvalue weighted by Gasteiger charge is 2.16. The summed E-state index contributed by atoms with van der Waals surface area (Å²) in [6, 6.07) is 16.8. The van der Waals surface area contributed by atoms with Crippen molar-refractivity contribution in [3.63, 3.8) is 0 Å². The van der Waals surface area contributed by atoms with Crippen LogP contribution in [0.3, 0.4) is 0 Å². The Bertz CT molecular complexity index is 793. The molecule has 23 heavy (non-hydrogen) atoms. The molecule has 0 saturated heterocycles. The molecule has 0 atom stereocenters. The summed E-state index contributed by atoms with van der Waals surface area (Å²) in [5, 5.41) is 0. The van der Waals surface area contributed by atoms with Crippen LogP contribution in [0.2, 0.25) is 0 Å². The summed E-state index contributed by atoms with van der Waals surface area (Å²) in [5.74, 6) is -0.238. The van der Waals surface area contributed by atoms with E-state index < -0.39 is 0 Å². The summed E-state index contributed by atoms with van der Waals surface area (Å²) in [7, 11) is 0. The van der Waals surface area contributed by atoms with Crippen LogP contribution in [0.15, 0.2) is 60.7 Å². The maximum absolute atomic E-state index is 12.4. The largest absolute Gasteiger partial charge is 0.399 e. The van der Waals surface area contributed by atoms with E-state index in [2.05, 4.69) is 0 Å². The number of nitrogen functional groups attached to an aromatic ring is 2. The van der Waals surface area contributed by atoms with Crippen LogP contribution in [-0.4, -0.2) is 11.6 Å². The Hall–Kier alpha value is -2.92. The Balaban J connectivity index is 1.85. The number of thiophene rings is 1. The molecular formula is C18H14N2O2S. The maximum Gasteiger partial charge on any atom is 0.202 e. The zero-order valence-corrected chi connectivity index (χ0v) is 13.0. The smallest absolute Gasteiger partial charge is 0.202 e. The third-order valence-corrected chi connectivity index (χ3v) is 4.48. The highest BCUT2D eigenvalue weighted by molar-refractivity contribution is 7.16. The fourth-order valence-electron chi connectivity index (χ4n) is 2.14. The lowest BCUT2D eigenvalue weighted by molar-refractivity contribution is 0.103. The predicted molar refractivity (Wildman–Crippen MR) is 92.9 cm³/mol. The second kappa shape index (κ2) is 6.06. The molecule has 0 saturated carbocycles. The molecule has 0 radical (unpaired) electrons. The molecule has 0 aliphatic heterocycles. The van der Waals surface area contributed by atoms with Gasteiger partial charge in [0.05, 0.1) is 9.75 Å². The molecule has 1 aromatic heterocycles. The van der Waals surface area contributed by atoms with E-state index >= 15 is 0 Å². The lowest BCUT2D eigenvalue weighted by Crippen LogP contribution is -2.00. The SMILES string of the molecule is Nc1ccc(C(=O)c2ccc(C(=O)c3ccc(N)cc3)s2)cc1. The first-order chi connectivity index (χ1) is 11.0. The van der Waals surface area contributed by atoms with Gasteiger partial charge in [0.15, 0.2) is 0 Å². The highest BCUT2D eigenvalue weighted by Crippen LogP contribution is 2.23. The Morgan fingerprint density at radius 1 is 0.609 bits per heavy atom. The molecule has 5 heteroatoms. The first-order valence-electron chi connectivity index (χ1n) is 6.95. The molecule has 2 aromatic carbocycles. The Labute approximate surface area is 137 Å². The number of carbonyl (C=O) groups is 2. The molecule has 4 nitrogen and oxygen atoms in total. The van der Waals surface area contributed by atoms with Gasteiger partial charge in [-0.1, -0.05) is 0 Å². The molecule has 4 N–H and O–H groups in total. The van der Waals surface area contributed by atoms with E-state index in [0.717, 1.165) is 0 Å². The van der Waals surface area contributed by atoms with Crippen molar-refractivity contribution in [2.45, 2.75) is 0 Å². The summed E-state index contributed by atoms with van der Waals surface area (Å²) in [6.07, 6.45) is 0. The van der Waals surface area contributed by atoms with Gasteiger partial charge in [-0.15, -0.1) is 11.3 Å². The molecule has 0 amide bonds. The van der Waals surface area contributed by atoms with E-state index in [1.807, 2.05) is 0 Å². The van der Waals surface area contributed by atoms with E-state index in [4.69, 9.17) is 11.5 Å². The van der Waals surface area contributed by atoms with Gasteiger partial charge in [0.25, 0.3) is 0 Å². The van der Waals surface area contributed by atoms with Gasteiger partial charge < -0.3 is 11.5 Å². The summed E-state index contributed by atoms with van der Waals surface area (Å²) >= 11 is 1.19.